The van der Waals surface area contributed by atoms with Gasteiger partial charge in [0.1, 0.15) is 12.0 Å². The minimum absolute atomic E-state index is 0.0179. The van der Waals surface area contributed by atoms with Crippen molar-refractivity contribution in [2.75, 3.05) is 0 Å². The molecule has 1 aliphatic rings. The topological polar surface area (TPSA) is 59.9 Å². The Labute approximate surface area is 73.6 Å². The molecule has 74 valence electrons. The summed E-state index contributed by atoms with van der Waals surface area (Å²) in [6.45, 7) is 1.72. The van der Waals surface area contributed by atoms with Crippen LogP contribution in [0, 0.1) is 0 Å². The maximum absolute atomic E-state index is 12.5. The second kappa shape index (κ2) is 4.04. The van der Waals surface area contributed by atoms with Crippen LogP contribution in [-0.2, 0) is 0 Å². The van der Waals surface area contributed by atoms with Crippen LogP contribution in [0.1, 0.15) is 13.3 Å². The van der Waals surface area contributed by atoms with Crippen molar-refractivity contribution < 1.29 is 14.0 Å². The van der Waals surface area contributed by atoms with Gasteiger partial charge >= 0.3 is 0 Å². The monoisotopic (exact) mass is 192 g/mol. The zero-order chi connectivity index (χ0) is 9.84. The fourth-order valence-corrected chi connectivity index (χ4v) is 0.744. The van der Waals surface area contributed by atoms with E-state index in [1.807, 2.05) is 5.43 Å². The summed E-state index contributed by atoms with van der Waals surface area (Å²) in [5.41, 5.74) is 2.04. The molecule has 0 saturated carbocycles. The molecule has 0 radical (unpaired) electrons. The number of rotatable bonds is 3. The van der Waals surface area contributed by atoms with Crippen LogP contribution in [0.4, 0.5) is 8.87 Å². The molecule has 1 aliphatic heterocycles. The number of nitrogens with one attached hydrogen (secondary N) is 2. The summed E-state index contributed by atoms with van der Waals surface area (Å²) in [4.78, 5) is 0. The maximum Gasteiger partial charge on any atom is 0.239 e. The van der Waals surface area contributed by atoms with E-state index in [4.69, 9.17) is 5.11 Å². The third-order valence-corrected chi connectivity index (χ3v) is 1.37. The van der Waals surface area contributed by atoms with E-state index in [-0.39, 0.29) is 11.2 Å². The van der Waals surface area contributed by atoms with Gasteiger partial charge in [-0.1, -0.05) is 16.5 Å². The highest BCUT2D eigenvalue weighted by Crippen LogP contribution is 2.02. The zero-order valence-electron chi connectivity index (χ0n) is 6.96. The predicted molar refractivity (Wildman–Crippen MR) is 42.1 cm³/mol. The van der Waals surface area contributed by atoms with Gasteiger partial charge in [-0.25, -0.2) is 5.43 Å². The molecule has 0 amide bonds. The van der Waals surface area contributed by atoms with E-state index in [2.05, 4.69) is 10.4 Å². The largest absolute Gasteiger partial charge is 0.374 e. The lowest BCUT2D eigenvalue weighted by Crippen LogP contribution is -2.41. The van der Waals surface area contributed by atoms with Crippen LogP contribution >= 0.6 is 0 Å². The first-order valence-corrected chi connectivity index (χ1v) is 3.74. The van der Waals surface area contributed by atoms with Crippen LogP contribution in [0.15, 0.2) is 17.0 Å². The average molecular weight is 192 g/mol. The molecule has 13 heavy (non-hydrogen) atoms. The summed E-state index contributed by atoms with van der Waals surface area (Å²) in [5, 5.41) is 14.0. The predicted octanol–water partition coefficient (Wildman–Crippen LogP) is 0.134. The van der Waals surface area contributed by atoms with Gasteiger partial charge < -0.3 is 10.4 Å². The summed E-state index contributed by atoms with van der Waals surface area (Å²) < 4.78 is 24.8. The number of aliphatic hydroxyl groups excluding tert-OH is 1. The summed E-state index contributed by atoms with van der Waals surface area (Å²) in [6.07, 6.45) is 0.511. The highest BCUT2D eigenvalue weighted by Gasteiger charge is 2.13. The Kier molecular flexibility index (Phi) is 3.02. The third kappa shape index (κ3) is 2.86. The van der Waals surface area contributed by atoms with E-state index < -0.39 is 12.2 Å². The molecule has 0 aliphatic carbocycles. The maximum atomic E-state index is 12.5. The average Bonchev–Trinajstić information content (AvgIpc) is 2.02. The van der Waals surface area contributed by atoms with Crippen molar-refractivity contribution in [1.29, 1.82) is 0 Å². The summed E-state index contributed by atoms with van der Waals surface area (Å²) in [5.74, 6) is -0.962. The summed E-state index contributed by atoms with van der Waals surface area (Å²) >= 11 is 0. The molecular weight excluding hydrogens is 182 g/mol. The SMILES string of the molecule is CCC(O)NC1=CC(F)=NN(F)N1. The van der Waals surface area contributed by atoms with Gasteiger partial charge in [-0.05, 0) is 11.8 Å². The molecule has 0 fully saturated rings. The molecule has 0 bridgehead atoms. The van der Waals surface area contributed by atoms with E-state index in [0.717, 1.165) is 6.08 Å². The van der Waals surface area contributed by atoms with E-state index in [1.54, 1.807) is 6.92 Å². The van der Waals surface area contributed by atoms with E-state index in [1.165, 1.54) is 0 Å². The van der Waals surface area contributed by atoms with Gasteiger partial charge in [0.05, 0.1) is 0 Å². The minimum atomic E-state index is -0.980. The molecule has 5 nitrogen and oxygen atoms in total. The zero-order valence-corrected chi connectivity index (χ0v) is 6.96. The van der Waals surface area contributed by atoms with E-state index >= 15 is 0 Å². The molecule has 0 saturated heterocycles. The number of hydrogen-bond acceptors (Lipinski definition) is 5. The van der Waals surface area contributed by atoms with Crippen LogP contribution in [-0.4, -0.2) is 22.6 Å². The number of hydrogen-bond donors (Lipinski definition) is 3. The van der Waals surface area contributed by atoms with Crippen LogP contribution in [0.5, 0.6) is 0 Å². The molecule has 0 aromatic carbocycles. The molecule has 1 heterocycles. The highest BCUT2D eigenvalue weighted by atomic mass is 19.2. The Morgan fingerprint density at radius 3 is 3.08 bits per heavy atom. The second-order valence-electron chi connectivity index (χ2n) is 2.42. The summed E-state index contributed by atoms with van der Waals surface area (Å²) in [7, 11) is 0. The van der Waals surface area contributed by atoms with Gasteiger partial charge in [0.2, 0.25) is 5.97 Å². The van der Waals surface area contributed by atoms with Gasteiger partial charge in [0.25, 0.3) is 0 Å². The molecule has 1 rings (SSSR count). The number of nitrogens with zero attached hydrogens (tertiary/aromatic N) is 2. The molecule has 0 spiro atoms. The Hall–Kier alpha value is -1.37. The molecule has 7 heteroatoms. The van der Waals surface area contributed by atoms with E-state index in [9.17, 15) is 8.87 Å². The lowest BCUT2D eigenvalue weighted by atomic mass is 10.4. The Bertz CT molecular complexity index is 243. The van der Waals surface area contributed by atoms with Gasteiger partial charge in [-0.3, -0.25) is 0 Å². The smallest absolute Gasteiger partial charge is 0.239 e. The Morgan fingerprint density at radius 2 is 2.54 bits per heavy atom. The van der Waals surface area contributed by atoms with Gasteiger partial charge in [0.15, 0.2) is 0 Å². The normalized spacial score (nSPS) is 18.6. The quantitative estimate of drug-likeness (QED) is 0.439. The number of aliphatic hydroxyl groups is 1. The molecule has 0 aromatic rings. The van der Waals surface area contributed by atoms with Crippen molar-refractivity contribution in [3.63, 3.8) is 0 Å². The number of hydrazine groups is 1. The van der Waals surface area contributed by atoms with Crippen molar-refractivity contribution in [2.45, 2.75) is 19.6 Å². The van der Waals surface area contributed by atoms with Crippen molar-refractivity contribution in [3.8, 4) is 0 Å². The van der Waals surface area contributed by atoms with Crippen LogP contribution in [0.3, 0.4) is 0 Å². The molecule has 1 unspecified atom stereocenters. The minimum Gasteiger partial charge on any atom is -0.374 e. The van der Waals surface area contributed by atoms with E-state index in [0.29, 0.717) is 6.42 Å². The first kappa shape index (κ1) is 9.72. The van der Waals surface area contributed by atoms with Crippen LogP contribution < -0.4 is 10.7 Å². The number of halogens is 2. The fraction of sp³-hybridized carbons (Fsp3) is 0.500. The lowest BCUT2D eigenvalue weighted by Gasteiger charge is -2.20. The van der Waals surface area contributed by atoms with Crippen LogP contribution in [0.2, 0.25) is 0 Å². The molecule has 0 aromatic heterocycles. The molecule has 1 atom stereocenters. The van der Waals surface area contributed by atoms with Gasteiger partial charge in [-0.15, -0.1) is 0 Å². The Morgan fingerprint density at radius 1 is 1.85 bits per heavy atom. The van der Waals surface area contributed by atoms with Crippen molar-refractivity contribution >= 4 is 5.97 Å². The van der Waals surface area contributed by atoms with Gasteiger partial charge in [0, 0.05) is 6.08 Å². The fourth-order valence-electron chi connectivity index (χ4n) is 0.744. The highest BCUT2D eigenvalue weighted by molar-refractivity contribution is 5.87. The van der Waals surface area contributed by atoms with Crippen molar-refractivity contribution in [2.24, 2.45) is 5.10 Å². The first-order valence-electron chi connectivity index (χ1n) is 3.74. The summed E-state index contributed by atoms with van der Waals surface area (Å²) in [6, 6.07) is 0. The molecular formula is C6H10F2N4O. The van der Waals surface area contributed by atoms with Gasteiger partial charge in [-0.2, -0.15) is 4.39 Å². The standard InChI is InChI=1S/C6H10F2N4O/c1-2-6(13)9-5-3-4(7)10-12(8)11-5/h3,6,9,11,13H,2H2,1H3. The van der Waals surface area contributed by atoms with Crippen LogP contribution in [0.25, 0.3) is 0 Å². The second-order valence-corrected chi connectivity index (χ2v) is 2.42. The first-order chi connectivity index (χ1) is 6.11. The molecule has 3 N–H and O–H groups in total. The third-order valence-electron chi connectivity index (χ3n) is 1.37. The number of hydrazone groups is 1. The van der Waals surface area contributed by atoms with Crippen molar-refractivity contribution in [1.82, 2.24) is 16.1 Å². The Balaban J connectivity index is 2.56. The lowest BCUT2D eigenvalue weighted by molar-refractivity contribution is -0.0265. The number of allylic oxidation sites excluding steroid dienone is 1. The van der Waals surface area contributed by atoms with Crippen molar-refractivity contribution in [3.05, 3.63) is 11.9 Å².